The number of nitrogens with zero attached hydrogens (tertiary/aromatic N) is 1. The van der Waals surface area contributed by atoms with Crippen LogP contribution in [0.4, 0.5) is 0 Å². The van der Waals surface area contributed by atoms with Crippen LogP contribution in [-0.2, 0) is 4.79 Å². The third kappa shape index (κ3) is 2.33. The number of benzene rings is 2. The van der Waals surface area contributed by atoms with Gasteiger partial charge in [-0.25, -0.2) is 10.8 Å². The first-order valence-electron chi connectivity index (χ1n) is 6.19. The van der Waals surface area contributed by atoms with Gasteiger partial charge in [0.1, 0.15) is 0 Å². The maximum absolute atomic E-state index is 11.4. The molecule has 2 aromatic carbocycles. The SMILES string of the molecule is NNC(=O)CSc1c2ccccc2nc2ccccc12. The quantitative estimate of drug-likeness (QED) is 0.255. The molecule has 20 heavy (non-hydrogen) atoms. The van der Waals surface area contributed by atoms with Crippen LogP contribution >= 0.6 is 11.8 Å². The first-order chi connectivity index (χ1) is 9.79. The minimum atomic E-state index is -0.194. The van der Waals surface area contributed by atoms with Crippen LogP contribution in [0.2, 0.25) is 0 Å². The fraction of sp³-hybridized carbons (Fsp3) is 0.0667. The second-order valence-electron chi connectivity index (χ2n) is 4.33. The number of hydrazine groups is 1. The Morgan fingerprint density at radius 1 is 1.05 bits per heavy atom. The smallest absolute Gasteiger partial charge is 0.244 e. The minimum Gasteiger partial charge on any atom is -0.294 e. The van der Waals surface area contributed by atoms with Crippen LogP contribution in [0.1, 0.15) is 0 Å². The van der Waals surface area contributed by atoms with E-state index in [1.165, 1.54) is 11.8 Å². The molecule has 0 spiro atoms. The predicted molar refractivity (Wildman–Crippen MR) is 82.3 cm³/mol. The lowest BCUT2D eigenvalue weighted by Gasteiger charge is -2.09. The van der Waals surface area contributed by atoms with Crippen molar-refractivity contribution in [3.05, 3.63) is 48.5 Å². The molecule has 0 fully saturated rings. The number of hydrogen-bond acceptors (Lipinski definition) is 4. The molecule has 0 bridgehead atoms. The summed E-state index contributed by atoms with van der Waals surface area (Å²) in [7, 11) is 0. The lowest BCUT2D eigenvalue weighted by Crippen LogP contribution is -2.31. The highest BCUT2D eigenvalue weighted by atomic mass is 32.2. The molecule has 1 amide bonds. The van der Waals surface area contributed by atoms with Gasteiger partial charge in [0.25, 0.3) is 0 Å². The molecule has 0 saturated carbocycles. The molecule has 4 nitrogen and oxygen atoms in total. The molecule has 3 N–H and O–H groups in total. The van der Waals surface area contributed by atoms with Crippen molar-refractivity contribution in [2.75, 3.05) is 5.75 Å². The van der Waals surface area contributed by atoms with E-state index in [1.54, 1.807) is 0 Å². The molecule has 0 aliphatic rings. The fourth-order valence-corrected chi connectivity index (χ4v) is 3.15. The zero-order valence-electron chi connectivity index (χ0n) is 10.7. The zero-order valence-corrected chi connectivity index (χ0v) is 11.5. The average molecular weight is 283 g/mol. The van der Waals surface area contributed by atoms with Crippen LogP contribution in [0.25, 0.3) is 21.8 Å². The number of thioether (sulfide) groups is 1. The van der Waals surface area contributed by atoms with Crippen LogP contribution in [0, 0.1) is 0 Å². The maximum atomic E-state index is 11.4. The summed E-state index contributed by atoms with van der Waals surface area (Å²) in [6.07, 6.45) is 0. The fourth-order valence-electron chi connectivity index (χ4n) is 2.14. The standard InChI is InChI=1S/C15H13N3OS/c16-18-14(19)9-20-15-10-5-1-3-7-12(10)17-13-8-4-2-6-11(13)15/h1-8H,9,16H2,(H,18,19). The van der Waals surface area contributed by atoms with E-state index >= 15 is 0 Å². The van der Waals surface area contributed by atoms with E-state index < -0.39 is 0 Å². The second kappa shape index (κ2) is 5.48. The number of aromatic nitrogens is 1. The Hall–Kier alpha value is -2.11. The Kier molecular flexibility index (Phi) is 3.54. The zero-order chi connectivity index (χ0) is 13.9. The molecule has 3 aromatic rings. The van der Waals surface area contributed by atoms with Crippen molar-refractivity contribution in [2.45, 2.75) is 4.90 Å². The molecule has 0 aliphatic carbocycles. The van der Waals surface area contributed by atoms with Gasteiger partial charge in [0.15, 0.2) is 0 Å². The Morgan fingerprint density at radius 2 is 1.60 bits per heavy atom. The van der Waals surface area contributed by atoms with Gasteiger partial charge < -0.3 is 0 Å². The van der Waals surface area contributed by atoms with Gasteiger partial charge in [0.05, 0.1) is 16.8 Å². The van der Waals surface area contributed by atoms with Gasteiger partial charge in [-0.3, -0.25) is 10.2 Å². The highest BCUT2D eigenvalue weighted by Crippen LogP contribution is 2.33. The third-order valence-electron chi connectivity index (χ3n) is 3.05. The predicted octanol–water partition coefficient (Wildman–Crippen LogP) is 2.47. The van der Waals surface area contributed by atoms with Crippen molar-refractivity contribution in [3.8, 4) is 0 Å². The van der Waals surface area contributed by atoms with E-state index in [-0.39, 0.29) is 11.7 Å². The largest absolute Gasteiger partial charge is 0.294 e. The summed E-state index contributed by atoms with van der Waals surface area (Å²) in [4.78, 5) is 17.1. The van der Waals surface area contributed by atoms with Gasteiger partial charge in [0, 0.05) is 15.7 Å². The molecule has 3 rings (SSSR count). The summed E-state index contributed by atoms with van der Waals surface area (Å²) in [5, 5.41) is 2.11. The van der Waals surface area contributed by atoms with Crippen molar-refractivity contribution in [3.63, 3.8) is 0 Å². The molecule has 5 heteroatoms. The summed E-state index contributed by atoms with van der Waals surface area (Å²) in [6.45, 7) is 0. The molecule has 0 aliphatic heterocycles. The maximum Gasteiger partial charge on any atom is 0.244 e. The van der Waals surface area contributed by atoms with Crippen LogP contribution in [0.5, 0.6) is 0 Å². The van der Waals surface area contributed by atoms with E-state index in [2.05, 4.69) is 10.4 Å². The van der Waals surface area contributed by atoms with E-state index in [0.29, 0.717) is 0 Å². The number of carbonyl (C=O) groups is 1. The number of fused-ring (bicyclic) bond motifs is 2. The van der Waals surface area contributed by atoms with Gasteiger partial charge in [-0.1, -0.05) is 36.4 Å². The van der Waals surface area contributed by atoms with Crippen LogP contribution < -0.4 is 11.3 Å². The Bertz CT molecular complexity index is 734. The summed E-state index contributed by atoms with van der Waals surface area (Å²) < 4.78 is 0. The molecular formula is C15H13N3OS. The molecule has 100 valence electrons. The highest BCUT2D eigenvalue weighted by molar-refractivity contribution is 8.00. The molecule has 1 heterocycles. The monoisotopic (exact) mass is 283 g/mol. The third-order valence-corrected chi connectivity index (χ3v) is 4.18. The van der Waals surface area contributed by atoms with Gasteiger partial charge in [-0.15, -0.1) is 11.8 Å². The molecule has 1 aromatic heterocycles. The van der Waals surface area contributed by atoms with Crippen molar-refractivity contribution < 1.29 is 4.79 Å². The van der Waals surface area contributed by atoms with E-state index in [4.69, 9.17) is 5.84 Å². The lowest BCUT2D eigenvalue weighted by molar-refractivity contribution is -0.118. The van der Waals surface area contributed by atoms with Crippen molar-refractivity contribution in [1.82, 2.24) is 10.4 Å². The summed E-state index contributed by atoms with van der Waals surface area (Å²) in [5.41, 5.74) is 4.02. The number of pyridine rings is 1. The lowest BCUT2D eigenvalue weighted by atomic mass is 10.1. The van der Waals surface area contributed by atoms with Crippen molar-refractivity contribution >= 4 is 39.5 Å². The van der Waals surface area contributed by atoms with Gasteiger partial charge in [-0.05, 0) is 12.1 Å². The second-order valence-corrected chi connectivity index (χ2v) is 5.32. The minimum absolute atomic E-state index is 0.194. The first-order valence-corrected chi connectivity index (χ1v) is 7.18. The Balaban J connectivity index is 2.20. The number of carbonyl (C=O) groups excluding carboxylic acids is 1. The number of para-hydroxylation sites is 2. The molecule has 0 atom stereocenters. The number of nitrogens with one attached hydrogen (secondary N) is 1. The molecule has 0 radical (unpaired) electrons. The normalized spacial score (nSPS) is 10.8. The van der Waals surface area contributed by atoms with Gasteiger partial charge >= 0.3 is 0 Å². The van der Waals surface area contributed by atoms with Crippen molar-refractivity contribution in [1.29, 1.82) is 0 Å². The van der Waals surface area contributed by atoms with Crippen LogP contribution in [-0.4, -0.2) is 16.6 Å². The van der Waals surface area contributed by atoms with E-state index in [0.717, 1.165) is 26.7 Å². The average Bonchev–Trinajstić information content (AvgIpc) is 2.51. The van der Waals surface area contributed by atoms with E-state index in [1.807, 2.05) is 48.5 Å². The number of rotatable bonds is 3. The summed E-state index contributed by atoms with van der Waals surface area (Å²) in [6, 6.07) is 15.9. The molecule has 0 saturated heterocycles. The van der Waals surface area contributed by atoms with Crippen molar-refractivity contribution in [2.24, 2.45) is 5.84 Å². The van der Waals surface area contributed by atoms with Crippen LogP contribution in [0.3, 0.4) is 0 Å². The number of nitrogens with two attached hydrogens (primary N) is 1. The Morgan fingerprint density at radius 3 is 2.15 bits per heavy atom. The summed E-state index contributed by atoms with van der Waals surface area (Å²) in [5.74, 6) is 5.23. The van der Waals surface area contributed by atoms with Gasteiger partial charge in [-0.2, -0.15) is 0 Å². The Labute approximate surface area is 120 Å². The highest BCUT2D eigenvalue weighted by Gasteiger charge is 2.10. The first kappa shape index (κ1) is 12.9. The van der Waals surface area contributed by atoms with Crippen LogP contribution in [0.15, 0.2) is 53.4 Å². The summed E-state index contributed by atoms with van der Waals surface area (Å²) >= 11 is 1.48. The topological polar surface area (TPSA) is 68.0 Å². The molecular weight excluding hydrogens is 270 g/mol. The number of amides is 1. The van der Waals surface area contributed by atoms with E-state index in [9.17, 15) is 4.79 Å². The number of hydrogen-bond donors (Lipinski definition) is 2. The van der Waals surface area contributed by atoms with Gasteiger partial charge in [0.2, 0.25) is 5.91 Å². The molecule has 0 unspecified atom stereocenters.